The van der Waals surface area contributed by atoms with Crippen LogP contribution in [0.25, 0.3) is 0 Å². The topological polar surface area (TPSA) is 120 Å². The Morgan fingerprint density at radius 3 is 2.65 bits per heavy atom. The Bertz CT molecular complexity index is 830. The molecule has 2 aliphatic rings. The van der Waals surface area contributed by atoms with E-state index in [4.69, 9.17) is 14.0 Å². The van der Waals surface area contributed by atoms with Gasteiger partial charge >= 0.3 is 13.3 Å². The average Bonchev–Trinajstić information content (AvgIpc) is 2.99. The first-order valence-electron chi connectivity index (χ1n) is 8.64. The van der Waals surface area contributed by atoms with Crippen molar-refractivity contribution in [2.45, 2.75) is 63.8 Å². The van der Waals surface area contributed by atoms with Crippen molar-refractivity contribution in [2.75, 3.05) is 6.61 Å². The van der Waals surface area contributed by atoms with Crippen LogP contribution in [0, 0.1) is 5.92 Å². The smallest absolute Gasteiger partial charge is 0.330 e. The lowest BCUT2D eigenvalue weighted by Crippen LogP contribution is -2.36. The van der Waals surface area contributed by atoms with Gasteiger partial charge in [0.1, 0.15) is 6.10 Å². The van der Waals surface area contributed by atoms with Gasteiger partial charge in [-0.3, -0.25) is 18.9 Å². The van der Waals surface area contributed by atoms with Crippen LogP contribution in [0.5, 0.6) is 0 Å². The third-order valence-electron chi connectivity index (χ3n) is 4.89. The van der Waals surface area contributed by atoms with Crippen molar-refractivity contribution in [1.82, 2.24) is 9.55 Å². The monoisotopic (exact) mass is 388 g/mol. The summed E-state index contributed by atoms with van der Waals surface area (Å²) in [6, 6.07) is 0.916. The van der Waals surface area contributed by atoms with E-state index in [0.717, 1.165) is 0 Å². The molecule has 26 heavy (non-hydrogen) atoms. The van der Waals surface area contributed by atoms with Crippen LogP contribution < -0.4 is 11.2 Å². The predicted octanol–water partition coefficient (Wildman–Crippen LogP) is 1.23. The molecule has 10 heteroatoms. The number of rotatable bonds is 5. The quantitative estimate of drug-likeness (QED) is 0.728. The number of nitrogens with zero attached hydrogens (tertiary/aromatic N) is 1. The summed E-state index contributed by atoms with van der Waals surface area (Å²) in [4.78, 5) is 35.7. The second-order valence-corrected chi connectivity index (χ2v) is 10.0. The fraction of sp³-hybridized carbons (Fsp3) is 0.750. The molecule has 0 aromatic carbocycles. The predicted molar refractivity (Wildman–Crippen MR) is 93.2 cm³/mol. The third-order valence-corrected chi connectivity index (χ3v) is 6.71. The van der Waals surface area contributed by atoms with Gasteiger partial charge in [-0.15, -0.1) is 0 Å². The van der Waals surface area contributed by atoms with Crippen molar-refractivity contribution in [1.29, 1.82) is 0 Å². The van der Waals surface area contributed by atoms with Crippen LogP contribution in [0.4, 0.5) is 0 Å². The van der Waals surface area contributed by atoms with Crippen molar-refractivity contribution in [3.63, 3.8) is 0 Å². The van der Waals surface area contributed by atoms with Gasteiger partial charge < -0.3 is 18.9 Å². The van der Waals surface area contributed by atoms with Crippen molar-refractivity contribution in [3.8, 4) is 0 Å². The first-order valence-corrected chi connectivity index (χ1v) is 10.3. The van der Waals surface area contributed by atoms with E-state index in [1.54, 1.807) is 27.7 Å². The summed E-state index contributed by atoms with van der Waals surface area (Å²) in [5, 5.41) is 0. The first kappa shape index (κ1) is 19.5. The van der Waals surface area contributed by atoms with Gasteiger partial charge in [-0.25, -0.2) is 4.79 Å². The molecular formula is C16H25N2O7P. The molecule has 1 aromatic heterocycles. The molecule has 9 nitrogen and oxygen atoms in total. The second kappa shape index (κ2) is 6.73. The van der Waals surface area contributed by atoms with Crippen molar-refractivity contribution in [2.24, 2.45) is 5.92 Å². The van der Waals surface area contributed by atoms with Crippen LogP contribution >= 0.6 is 7.60 Å². The molecule has 1 saturated heterocycles. The maximum atomic E-state index is 12.2. The lowest BCUT2D eigenvalue weighted by atomic mass is 10.1. The molecule has 2 unspecified atom stereocenters. The van der Waals surface area contributed by atoms with E-state index in [2.05, 4.69) is 4.98 Å². The number of H-pyrrole nitrogens is 1. The van der Waals surface area contributed by atoms with Crippen LogP contribution in [0.1, 0.15) is 40.2 Å². The molecular weight excluding hydrogens is 363 g/mol. The van der Waals surface area contributed by atoms with E-state index in [9.17, 15) is 19.0 Å². The summed E-state index contributed by atoms with van der Waals surface area (Å²) in [6.07, 6.45) is 1.11. The van der Waals surface area contributed by atoms with Gasteiger partial charge in [-0.05, 0) is 20.3 Å². The standard InChI is InChI=1S/C16H25N2O7P/c1-9(2)26(21,22)23-8-10-7-11(14-13(10)24-16(3,4)25-14)18-6-5-12(19)17-15(18)20/h5-6,9-11,13-14H,7-8H2,1-4H3,(H,21,22)(H,17,19,20)/t10?,11-,13-,14+/m1/s1. The zero-order valence-electron chi connectivity index (χ0n) is 15.2. The van der Waals surface area contributed by atoms with E-state index in [1.807, 2.05) is 0 Å². The molecule has 3 rings (SSSR count). The molecule has 2 N–H and O–H groups in total. The minimum absolute atomic E-state index is 0.0289. The Labute approximate surface area is 150 Å². The highest BCUT2D eigenvalue weighted by Crippen LogP contribution is 2.51. The normalized spacial score (nSPS) is 32.5. The first-order chi connectivity index (χ1) is 12.0. The molecule has 146 valence electrons. The van der Waals surface area contributed by atoms with Gasteiger partial charge in [0.15, 0.2) is 5.79 Å². The molecule has 1 saturated carbocycles. The molecule has 0 bridgehead atoms. The number of ether oxygens (including phenoxy) is 2. The molecule has 0 spiro atoms. The summed E-state index contributed by atoms with van der Waals surface area (Å²) < 4.78 is 30.8. The Kier molecular flexibility index (Phi) is 5.05. The Hall–Kier alpha value is -1.25. The number of aromatic nitrogens is 2. The maximum Gasteiger partial charge on any atom is 0.330 e. The summed E-state index contributed by atoms with van der Waals surface area (Å²) in [5.41, 5.74) is -1.50. The van der Waals surface area contributed by atoms with Gasteiger partial charge in [0.25, 0.3) is 5.56 Å². The lowest BCUT2D eigenvalue weighted by molar-refractivity contribution is -0.161. The largest absolute Gasteiger partial charge is 0.344 e. The molecule has 5 atom stereocenters. The van der Waals surface area contributed by atoms with Gasteiger partial charge in [0.2, 0.25) is 0 Å². The van der Waals surface area contributed by atoms with Crippen LogP contribution in [-0.2, 0) is 18.6 Å². The Balaban J connectivity index is 1.85. The third kappa shape index (κ3) is 3.73. The molecule has 1 aliphatic carbocycles. The van der Waals surface area contributed by atoms with E-state index in [0.29, 0.717) is 6.42 Å². The molecule has 2 heterocycles. The van der Waals surface area contributed by atoms with Gasteiger partial charge in [0.05, 0.1) is 24.4 Å². The van der Waals surface area contributed by atoms with E-state index < -0.39 is 36.4 Å². The minimum atomic E-state index is -3.71. The Morgan fingerprint density at radius 2 is 2.04 bits per heavy atom. The zero-order chi connectivity index (χ0) is 19.3. The van der Waals surface area contributed by atoms with Gasteiger partial charge in [0, 0.05) is 18.2 Å². The van der Waals surface area contributed by atoms with E-state index in [1.165, 1.54) is 16.8 Å². The number of nitrogens with one attached hydrogen (secondary N) is 1. The van der Waals surface area contributed by atoms with Crippen molar-refractivity contribution >= 4 is 7.60 Å². The average molecular weight is 388 g/mol. The van der Waals surface area contributed by atoms with Crippen molar-refractivity contribution < 1.29 is 23.5 Å². The van der Waals surface area contributed by atoms with E-state index >= 15 is 0 Å². The molecule has 1 aromatic rings. The highest BCUT2D eigenvalue weighted by Gasteiger charge is 2.55. The summed E-state index contributed by atoms with van der Waals surface area (Å²) in [7, 11) is -3.71. The summed E-state index contributed by atoms with van der Waals surface area (Å²) in [6.45, 7) is 6.83. The number of hydrogen-bond donors (Lipinski definition) is 2. The van der Waals surface area contributed by atoms with Gasteiger partial charge in [-0.2, -0.15) is 0 Å². The second-order valence-electron chi connectivity index (χ2n) is 7.60. The number of aromatic amines is 1. The molecule has 0 radical (unpaired) electrons. The number of hydrogen-bond acceptors (Lipinski definition) is 6. The van der Waals surface area contributed by atoms with Gasteiger partial charge in [-0.1, -0.05) is 13.8 Å². The minimum Gasteiger partial charge on any atom is -0.344 e. The summed E-state index contributed by atoms with van der Waals surface area (Å²) >= 11 is 0. The van der Waals surface area contributed by atoms with Crippen LogP contribution in [0.15, 0.2) is 21.9 Å². The van der Waals surface area contributed by atoms with Crippen LogP contribution in [-0.4, -0.2) is 44.7 Å². The van der Waals surface area contributed by atoms with E-state index in [-0.39, 0.29) is 24.7 Å². The van der Waals surface area contributed by atoms with Crippen LogP contribution in [0.2, 0.25) is 0 Å². The molecule has 0 amide bonds. The fourth-order valence-corrected chi connectivity index (χ4v) is 4.24. The highest BCUT2D eigenvalue weighted by molar-refractivity contribution is 7.53. The molecule has 2 fully saturated rings. The van der Waals surface area contributed by atoms with Crippen LogP contribution in [0.3, 0.4) is 0 Å². The maximum absolute atomic E-state index is 12.2. The fourth-order valence-electron chi connectivity index (χ4n) is 3.53. The Morgan fingerprint density at radius 1 is 1.38 bits per heavy atom. The summed E-state index contributed by atoms with van der Waals surface area (Å²) in [5.74, 6) is -1.05. The zero-order valence-corrected chi connectivity index (χ0v) is 16.1. The van der Waals surface area contributed by atoms with Crippen molar-refractivity contribution in [3.05, 3.63) is 33.1 Å². The highest BCUT2D eigenvalue weighted by atomic mass is 31.2. The lowest BCUT2D eigenvalue weighted by Gasteiger charge is -2.25. The number of fused-ring (bicyclic) bond motifs is 1. The SMILES string of the molecule is CC(C)P(=O)(O)OCC1C[C@@H](n2ccc(=O)[nH]c2=O)[C@@H]2OC(C)(C)O[C@H]12. The molecule has 1 aliphatic heterocycles.